The number of nitrogens with zero attached hydrogens (tertiary/aromatic N) is 3. The van der Waals surface area contributed by atoms with Crippen LogP contribution in [-0.2, 0) is 23.2 Å². The Labute approximate surface area is 152 Å². The minimum atomic E-state index is -3.57. The third kappa shape index (κ3) is 4.20. The number of sulfonamides is 1. The highest BCUT2D eigenvalue weighted by Crippen LogP contribution is 2.19. The van der Waals surface area contributed by atoms with Gasteiger partial charge in [-0.3, -0.25) is 9.69 Å². The summed E-state index contributed by atoms with van der Waals surface area (Å²) in [6.45, 7) is 1.67. The average molecular weight is 379 g/mol. The summed E-state index contributed by atoms with van der Waals surface area (Å²) in [4.78, 5) is 14.1. The second-order valence-corrected chi connectivity index (χ2v) is 8.51. The van der Waals surface area contributed by atoms with Gasteiger partial charge in [-0.25, -0.2) is 12.8 Å². The number of hydrogen-bond donors (Lipinski definition) is 0. The maximum atomic E-state index is 13.3. The Bertz CT molecular complexity index is 937. The fourth-order valence-corrected chi connectivity index (χ4v) is 4.64. The Kier molecular flexibility index (Phi) is 5.55. The molecular formula is C18H22FN3O3S. The molecule has 1 aliphatic heterocycles. The number of benzene rings is 1. The summed E-state index contributed by atoms with van der Waals surface area (Å²) >= 11 is 0. The van der Waals surface area contributed by atoms with Gasteiger partial charge in [0.25, 0.3) is 5.56 Å². The van der Waals surface area contributed by atoms with Gasteiger partial charge in [-0.2, -0.15) is 4.31 Å². The second-order valence-electron chi connectivity index (χ2n) is 6.57. The van der Waals surface area contributed by atoms with Gasteiger partial charge in [0.15, 0.2) is 0 Å². The van der Waals surface area contributed by atoms with Crippen molar-refractivity contribution in [3.8, 4) is 0 Å². The van der Waals surface area contributed by atoms with E-state index in [2.05, 4.69) is 0 Å². The van der Waals surface area contributed by atoms with Gasteiger partial charge in [0.05, 0.1) is 11.6 Å². The number of halogens is 1. The zero-order chi connectivity index (χ0) is 18.7. The average Bonchev–Trinajstić information content (AvgIpc) is 3.12. The molecule has 0 unspecified atom stereocenters. The molecule has 2 heterocycles. The lowest BCUT2D eigenvalue weighted by molar-refractivity contribution is 0.255. The van der Waals surface area contributed by atoms with Crippen molar-refractivity contribution >= 4 is 10.0 Å². The van der Waals surface area contributed by atoms with Crippen LogP contribution in [0.2, 0.25) is 0 Å². The summed E-state index contributed by atoms with van der Waals surface area (Å²) < 4.78 is 41.4. The molecule has 0 spiro atoms. The molecule has 140 valence electrons. The van der Waals surface area contributed by atoms with Gasteiger partial charge in [0.1, 0.15) is 5.82 Å². The fourth-order valence-electron chi connectivity index (χ4n) is 3.11. The molecule has 1 aliphatic rings. The largest absolute Gasteiger partial charge is 0.301 e. The van der Waals surface area contributed by atoms with Crippen molar-refractivity contribution in [2.24, 2.45) is 0 Å². The minimum absolute atomic E-state index is 0.123. The quantitative estimate of drug-likeness (QED) is 0.769. The first-order valence-electron chi connectivity index (χ1n) is 8.50. The molecule has 3 rings (SSSR count). The van der Waals surface area contributed by atoms with E-state index in [1.54, 1.807) is 19.2 Å². The monoisotopic (exact) mass is 379 g/mol. The van der Waals surface area contributed by atoms with E-state index in [0.717, 1.165) is 18.4 Å². The summed E-state index contributed by atoms with van der Waals surface area (Å²) in [5.41, 5.74) is 0.498. The van der Waals surface area contributed by atoms with Crippen LogP contribution in [0, 0.1) is 5.82 Å². The fraction of sp³-hybridized carbons (Fsp3) is 0.389. The number of pyridine rings is 1. The highest BCUT2D eigenvalue weighted by atomic mass is 32.2. The van der Waals surface area contributed by atoms with Gasteiger partial charge in [-0.1, -0.05) is 12.1 Å². The maximum absolute atomic E-state index is 13.3. The molecule has 0 bridgehead atoms. The lowest BCUT2D eigenvalue weighted by atomic mass is 10.2. The first kappa shape index (κ1) is 18.8. The molecule has 0 amide bonds. The van der Waals surface area contributed by atoms with Crippen molar-refractivity contribution in [2.75, 3.05) is 20.1 Å². The third-order valence-electron chi connectivity index (χ3n) is 4.39. The predicted octanol–water partition coefficient (Wildman–Crippen LogP) is 1.86. The van der Waals surface area contributed by atoms with Gasteiger partial charge in [-0.15, -0.1) is 0 Å². The Morgan fingerprint density at radius 2 is 1.88 bits per heavy atom. The van der Waals surface area contributed by atoms with Crippen LogP contribution in [0.25, 0.3) is 0 Å². The van der Waals surface area contributed by atoms with E-state index in [1.807, 2.05) is 4.90 Å². The second kappa shape index (κ2) is 7.69. The van der Waals surface area contributed by atoms with E-state index >= 15 is 0 Å². The van der Waals surface area contributed by atoms with E-state index < -0.39 is 10.0 Å². The molecule has 1 aromatic carbocycles. The molecule has 8 heteroatoms. The van der Waals surface area contributed by atoms with Crippen LogP contribution in [0.4, 0.5) is 4.39 Å². The van der Waals surface area contributed by atoms with Crippen LogP contribution in [0.3, 0.4) is 0 Å². The number of hydrogen-bond acceptors (Lipinski definition) is 4. The van der Waals surface area contributed by atoms with E-state index in [9.17, 15) is 17.6 Å². The molecule has 26 heavy (non-hydrogen) atoms. The van der Waals surface area contributed by atoms with Crippen molar-refractivity contribution in [3.05, 3.63) is 64.3 Å². The first-order valence-corrected chi connectivity index (χ1v) is 9.94. The maximum Gasteiger partial charge on any atom is 0.251 e. The molecule has 0 N–H and O–H groups in total. The van der Waals surface area contributed by atoms with Crippen molar-refractivity contribution in [2.45, 2.75) is 31.0 Å². The van der Waals surface area contributed by atoms with Crippen LogP contribution in [-0.4, -0.2) is 42.3 Å². The predicted molar refractivity (Wildman–Crippen MR) is 96.6 cm³/mol. The zero-order valence-corrected chi connectivity index (χ0v) is 15.5. The molecule has 2 aromatic rings. The van der Waals surface area contributed by atoms with Crippen molar-refractivity contribution in [1.82, 2.24) is 13.8 Å². The third-order valence-corrected chi connectivity index (χ3v) is 6.28. The van der Waals surface area contributed by atoms with E-state index in [1.165, 1.54) is 39.3 Å². The molecule has 6 nitrogen and oxygen atoms in total. The molecule has 0 radical (unpaired) electrons. The Balaban J connectivity index is 1.78. The minimum Gasteiger partial charge on any atom is -0.301 e. The lowest BCUT2D eigenvalue weighted by Crippen LogP contribution is -2.32. The van der Waals surface area contributed by atoms with Crippen molar-refractivity contribution < 1.29 is 12.8 Å². The molecule has 1 fully saturated rings. The van der Waals surface area contributed by atoms with E-state index in [4.69, 9.17) is 0 Å². The smallest absolute Gasteiger partial charge is 0.251 e. The van der Waals surface area contributed by atoms with E-state index in [0.29, 0.717) is 19.6 Å². The van der Waals surface area contributed by atoms with Gasteiger partial charge >= 0.3 is 0 Å². The topological polar surface area (TPSA) is 62.6 Å². The standard InChI is InChI=1S/C18H22FN3O3S/c1-20(12-15-5-4-6-16(19)11-15)14-21-13-17(7-8-18(21)23)26(24,25)22-9-2-3-10-22/h4-8,11,13H,2-3,9-10,12,14H2,1H3. The summed E-state index contributed by atoms with van der Waals surface area (Å²) in [5, 5.41) is 0. The molecule has 0 aliphatic carbocycles. The first-order chi connectivity index (χ1) is 12.4. The van der Waals surface area contributed by atoms with Crippen molar-refractivity contribution in [1.29, 1.82) is 0 Å². The van der Waals surface area contributed by atoms with Crippen LogP contribution in [0.15, 0.2) is 52.3 Å². The molecular weight excluding hydrogens is 357 g/mol. The van der Waals surface area contributed by atoms with Gasteiger partial charge in [-0.05, 0) is 43.7 Å². The molecule has 0 saturated carbocycles. The lowest BCUT2D eigenvalue weighted by Gasteiger charge is -2.20. The van der Waals surface area contributed by atoms with Crippen LogP contribution in [0.5, 0.6) is 0 Å². The van der Waals surface area contributed by atoms with Crippen LogP contribution >= 0.6 is 0 Å². The highest BCUT2D eigenvalue weighted by molar-refractivity contribution is 7.89. The summed E-state index contributed by atoms with van der Waals surface area (Å²) in [6.07, 6.45) is 3.10. The van der Waals surface area contributed by atoms with E-state index in [-0.39, 0.29) is 22.9 Å². The zero-order valence-electron chi connectivity index (χ0n) is 14.6. The molecule has 1 aromatic heterocycles. The van der Waals surface area contributed by atoms with Gasteiger partial charge in [0, 0.05) is 31.9 Å². The molecule has 0 atom stereocenters. The van der Waals surface area contributed by atoms with Crippen LogP contribution < -0.4 is 5.56 Å². The number of aromatic nitrogens is 1. The van der Waals surface area contributed by atoms with Crippen LogP contribution in [0.1, 0.15) is 18.4 Å². The Hall–Kier alpha value is -2.03. The molecule has 1 saturated heterocycles. The Morgan fingerprint density at radius 1 is 1.15 bits per heavy atom. The SMILES string of the molecule is CN(Cc1cccc(F)c1)Cn1cc(S(=O)(=O)N2CCCC2)ccc1=O. The van der Waals surface area contributed by atoms with Crippen molar-refractivity contribution in [3.63, 3.8) is 0 Å². The normalized spacial score (nSPS) is 15.7. The highest BCUT2D eigenvalue weighted by Gasteiger charge is 2.27. The summed E-state index contributed by atoms with van der Waals surface area (Å²) in [5.74, 6) is -0.313. The number of rotatable bonds is 6. The Morgan fingerprint density at radius 3 is 2.58 bits per heavy atom. The van der Waals surface area contributed by atoms with Gasteiger partial charge in [0.2, 0.25) is 10.0 Å². The summed E-state index contributed by atoms with van der Waals surface area (Å²) in [6, 6.07) is 8.89. The van der Waals surface area contributed by atoms with Gasteiger partial charge < -0.3 is 4.57 Å². The summed E-state index contributed by atoms with van der Waals surface area (Å²) in [7, 11) is -1.78.